The molecule has 2 aromatic rings. The summed E-state index contributed by atoms with van der Waals surface area (Å²) in [6.07, 6.45) is 1.67. The van der Waals surface area contributed by atoms with Gasteiger partial charge in [-0.25, -0.2) is 4.98 Å². The van der Waals surface area contributed by atoms with Crippen molar-refractivity contribution < 1.29 is 9.66 Å². The largest absolute Gasteiger partial charge is 0.487 e. The Balaban J connectivity index is 2.09. The second kappa shape index (κ2) is 4.23. The number of non-ortho nitro benzene ring substituents is 1. The van der Waals surface area contributed by atoms with Crippen molar-refractivity contribution in [2.45, 2.75) is 6.10 Å². The van der Waals surface area contributed by atoms with E-state index in [0.29, 0.717) is 16.7 Å². The molecule has 0 unspecified atom stereocenters. The van der Waals surface area contributed by atoms with E-state index < -0.39 is 4.92 Å². The summed E-state index contributed by atoms with van der Waals surface area (Å²) in [5.74, 6) is 0.648. The number of pyridine rings is 1. The van der Waals surface area contributed by atoms with E-state index in [1.807, 2.05) is 0 Å². The van der Waals surface area contributed by atoms with Crippen LogP contribution in [0.25, 0.3) is 10.9 Å². The molecule has 1 aromatic heterocycles. The average molecular weight is 245 g/mol. The Hall–Kier alpha value is -2.21. The zero-order valence-electron chi connectivity index (χ0n) is 9.50. The van der Waals surface area contributed by atoms with Gasteiger partial charge in [0.05, 0.1) is 4.92 Å². The molecule has 0 aliphatic carbocycles. The maximum absolute atomic E-state index is 10.9. The molecule has 1 aromatic carbocycles. The molecule has 0 spiro atoms. The van der Waals surface area contributed by atoms with Gasteiger partial charge >= 0.3 is 0 Å². The van der Waals surface area contributed by atoms with E-state index >= 15 is 0 Å². The molecule has 0 saturated carbocycles. The smallest absolute Gasteiger partial charge is 0.295 e. The van der Waals surface area contributed by atoms with E-state index in [9.17, 15) is 10.1 Å². The van der Waals surface area contributed by atoms with Crippen LogP contribution in [0.5, 0.6) is 5.75 Å². The average Bonchev–Trinajstić information content (AvgIpc) is 2.33. The first-order chi connectivity index (χ1) is 8.75. The van der Waals surface area contributed by atoms with Gasteiger partial charge in [0.2, 0.25) is 0 Å². The number of para-hydroxylation sites is 1. The molecule has 6 heteroatoms. The lowest BCUT2D eigenvalue weighted by atomic mass is 10.1. The number of rotatable bonds is 3. The lowest BCUT2D eigenvalue weighted by Gasteiger charge is -2.28. The molecule has 0 amide bonds. The number of nitro groups is 1. The van der Waals surface area contributed by atoms with Crippen molar-refractivity contribution in [2.24, 2.45) is 0 Å². The van der Waals surface area contributed by atoms with Crippen molar-refractivity contribution in [3.8, 4) is 5.75 Å². The Morgan fingerprint density at radius 1 is 1.39 bits per heavy atom. The maximum atomic E-state index is 10.9. The summed E-state index contributed by atoms with van der Waals surface area (Å²) in [6, 6.07) is 6.62. The molecular weight excluding hydrogens is 234 g/mol. The Morgan fingerprint density at radius 3 is 2.89 bits per heavy atom. The van der Waals surface area contributed by atoms with Gasteiger partial charge in [-0.3, -0.25) is 10.1 Å². The molecule has 1 N–H and O–H groups in total. The molecule has 18 heavy (non-hydrogen) atoms. The molecule has 0 bridgehead atoms. The fraction of sp³-hybridized carbons (Fsp3) is 0.250. The number of ether oxygens (including phenoxy) is 1. The van der Waals surface area contributed by atoms with Crippen LogP contribution in [0, 0.1) is 10.1 Å². The fourth-order valence-electron chi connectivity index (χ4n) is 1.91. The fourth-order valence-corrected chi connectivity index (χ4v) is 1.91. The third-order valence-corrected chi connectivity index (χ3v) is 2.94. The quantitative estimate of drug-likeness (QED) is 0.654. The van der Waals surface area contributed by atoms with Crippen molar-refractivity contribution in [1.82, 2.24) is 10.3 Å². The van der Waals surface area contributed by atoms with Gasteiger partial charge in [0.15, 0.2) is 5.52 Å². The first-order valence-electron chi connectivity index (χ1n) is 5.65. The highest BCUT2D eigenvalue weighted by Gasteiger charge is 2.21. The molecule has 0 radical (unpaired) electrons. The summed E-state index contributed by atoms with van der Waals surface area (Å²) in [5.41, 5.74) is 0.372. The Labute approximate surface area is 103 Å². The predicted molar refractivity (Wildman–Crippen MR) is 65.7 cm³/mol. The van der Waals surface area contributed by atoms with Crippen LogP contribution in [-0.4, -0.2) is 29.1 Å². The summed E-state index contributed by atoms with van der Waals surface area (Å²) >= 11 is 0. The number of nitro benzene ring substituents is 1. The highest BCUT2D eigenvalue weighted by Crippen LogP contribution is 2.30. The minimum Gasteiger partial charge on any atom is -0.487 e. The lowest BCUT2D eigenvalue weighted by Crippen LogP contribution is -2.50. The van der Waals surface area contributed by atoms with Gasteiger partial charge in [-0.05, 0) is 12.1 Å². The van der Waals surface area contributed by atoms with Gasteiger partial charge in [0.25, 0.3) is 5.69 Å². The second-order valence-electron chi connectivity index (χ2n) is 4.14. The van der Waals surface area contributed by atoms with Crippen molar-refractivity contribution in [2.75, 3.05) is 13.1 Å². The van der Waals surface area contributed by atoms with Crippen molar-refractivity contribution >= 4 is 16.6 Å². The minimum atomic E-state index is -0.427. The van der Waals surface area contributed by atoms with Crippen LogP contribution in [0.2, 0.25) is 0 Å². The van der Waals surface area contributed by atoms with E-state index in [4.69, 9.17) is 4.74 Å². The number of aromatic nitrogens is 1. The molecule has 92 valence electrons. The highest BCUT2D eigenvalue weighted by atomic mass is 16.6. The second-order valence-corrected chi connectivity index (χ2v) is 4.14. The van der Waals surface area contributed by atoms with Gasteiger partial charge in [-0.2, -0.15) is 0 Å². The van der Waals surface area contributed by atoms with Crippen molar-refractivity contribution in [3.05, 3.63) is 40.6 Å². The Morgan fingerprint density at radius 2 is 2.22 bits per heavy atom. The molecule has 1 fully saturated rings. The predicted octanol–water partition coefficient (Wildman–Crippen LogP) is 1.49. The number of hydrogen-bond acceptors (Lipinski definition) is 5. The van der Waals surface area contributed by atoms with Gasteiger partial charge in [-0.1, -0.05) is 6.07 Å². The standard InChI is InChI=1S/C12H11N3O3/c16-15(17)10-3-1-2-9-11(4-5-14-12(9)10)18-8-6-13-7-8/h1-5,8,13H,6-7H2. The normalized spacial score (nSPS) is 15.3. The van der Waals surface area contributed by atoms with Crippen LogP contribution < -0.4 is 10.1 Å². The number of nitrogens with one attached hydrogen (secondary N) is 1. The topological polar surface area (TPSA) is 77.3 Å². The number of nitrogens with zero attached hydrogens (tertiary/aromatic N) is 2. The molecule has 6 nitrogen and oxygen atoms in total. The molecular formula is C12H11N3O3. The van der Waals surface area contributed by atoms with Crippen molar-refractivity contribution in [1.29, 1.82) is 0 Å². The van der Waals surface area contributed by atoms with Gasteiger partial charge in [-0.15, -0.1) is 0 Å². The van der Waals surface area contributed by atoms with Crippen LogP contribution in [-0.2, 0) is 0 Å². The van der Waals surface area contributed by atoms with Crippen LogP contribution in [0.15, 0.2) is 30.5 Å². The van der Waals surface area contributed by atoms with Gasteiger partial charge in [0.1, 0.15) is 11.9 Å². The monoisotopic (exact) mass is 245 g/mol. The summed E-state index contributed by atoms with van der Waals surface area (Å²) in [4.78, 5) is 14.6. The van der Waals surface area contributed by atoms with E-state index in [2.05, 4.69) is 10.3 Å². The van der Waals surface area contributed by atoms with Crippen LogP contribution >= 0.6 is 0 Å². The number of hydrogen-bond donors (Lipinski definition) is 1. The molecule has 1 aliphatic heterocycles. The van der Waals surface area contributed by atoms with E-state index in [0.717, 1.165) is 13.1 Å². The van der Waals surface area contributed by atoms with Gasteiger partial charge < -0.3 is 10.1 Å². The summed E-state index contributed by atoms with van der Waals surface area (Å²) in [7, 11) is 0. The van der Waals surface area contributed by atoms with E-state index in [-0.39, 0.29) is 11.8 Å². The Bertz CT molecular complexity index is 611. The summed E-state index contributed by atoms with van der Waals surface area (Å²) in [5, 5.41) is 14.7. The highest BCUT2D eigenvalue weighted by molar-refractivity contribution is 5.91. The SMILES string of the molecule is O=[N+]([O-])c1cccc2c(OC3CNC3)ccnc12. The summed E-state index contributed by atoms with van der Waals surface area (Å²) < 4.78 is 5.77. The molecule has 1 aliphatic rings. The zero-order chi connectivity index (χ0) is 12.5. The van der Waals surface area contributed by atoms with E-state index in [1.54, 1.807) is 18.2 Å². The van der Waals surface area contributed by atoms with Crippen LogP contribution in [0.1, 0.15) is 0 Å². The maximum Gasteiger partial charge on any atom is 0.295 e. The molecule has 2 heterocycles. The lowest BCUT2D eigenvalue weighted by molar-refractivity contribution is -0.383. The Kier molecular flexibility index (Phi) is 2.56. The molecule has 1 saturated heterocycles. The van der Waals surface area contributed by atoms with Gasteiger partial charge in [0, 0.05) is 30.7 Å². The number of benzene rings is 1. The van der Waals surface area contributed by atoms with E-state index in [1.165, 1.54) is 12.3 Å². The third-order valence-electron chi connectivity index (χ3n) is 2.94. The van der Waals surface area contributed by atoms with Crippen LogP contribution in [0.4, 0.5) is 5.69 Å². The minimum absolute atomic E-state index is 0.00434. The molecule has 3 rings (SSSR count). The molecule has 0 atom stereocenters. The first kappa shape index (κ1) is 10.9. The first-order valence-corrected chi connectivity index (χ1v) is 5.65. The zero-order valence-corrected chi connectivity index (χ0v) is 9.50. The van der Waals surface area contributed by atoms with Crippen molar-refractivity contribution in [3.63, 3.8) is 0 Å². The third kappa shape index (κ3) is 1.76. The van der Waals surface area contributed by atoms with Crippen LogP contribution in [0.3, 0.4) is 0 Å². The summed E-state index contributed by atoms with van der Waals surface area (Å²) in [6.45, 7) is 1.61. The number of fused-ring (bicyclic) bond motifs is 1.